The van der Waals surface area contributed by atoms with Crippen LogP contribution in [-0.2, 0) is 13.2 Å². The molecule has 3 aromatic carbocycles. The molecule has 168 valence electrons. The van der Waals surface area contributed by atoms with Crippen molar-refractivity contribution in [2.75, 3.05) is 7.11 Å². The van der Waals surface area contributed by atoms with Crippen LogP contribution in [0.15, 0.2) is 83.3 Å². The summed E-state index contributed by atoms with van der Waals surface area (Å²) in [5.74, 6) is 1.46. The van der Waals surface area contributed by atoms with Crippen molar-refractivity contribution in [2.45, 2.75) is 13.2 Å². The van der Waals surface area contributed by atoms with E-state index in [0.717, 1.165) is 22.1 Å². The van der Waals surface area contributed by atoms with Crippen LogP contribution in [0.4, 0.5) is 4.79 Å². The number of methoxy groups -OCH3 is 1. The second-order valence-electron chi connectivity index (χ2n) is 7.18. The first kappa shape index (κ1) is 21.8. The van der Waals surface area contributed by atoms with Crippen LogP contribution < -0.4 is 25.6 Å². The standard InChI is InChI=1S/C25H23N3O5/c1-31-21-10-9-18-13-17(7-8-19(18)14-21)15-26-25(30)28-27-24(29)23-12-11-22(33-23)16-32-20-5-3-2-4-6-20/h2-14H,15-16H2,1H3,(H,27,29)(H2,26,28,30). The Hall–Kier alpha value is -4.46. The smallest absolute Gasteiger partial charge is 0.333 e. The van der Waals surface area contributed by atoms with Crippen molar-refractivity contribution >= 4 is 22.7 Å². The lowest BCUT2D eigenvalue weighted by Crippen LogP contribution is -2.46. The highest BCUT2D eigenvalue weighted by atomic mass is 16.5. The third kappa shape index (κ3) is 5.82. The van der Waals surface area contributed by atoms with Gasteiger partial charge < -0.3 is 19.2 Å². The molecule has 0 radical (unpaired) electrons. The molecule has 33 heavy (non-hydrogen) atoms. The average molecular weight is 445 g/mol. The normalized spacial score (nSPS) is 10.5. The lowest BCUT2D eigenvalue weighted by molar-refractivity contribution is 0.0904. The predicted octanol–water partition coefficient (Wildman–Crippen LogP) is 4.16. The molecule has 3 amide bonds. The zero-order valence-electron chi connectivity index (χ0n) is 18.0. The summed E-state index contributed by atoms with van der Waals surface area (Å²) < 4.78 is 16.3. The summed E-state index contributed by atoms with van der Waals surface area (Å²) in [6.07, 6.45) is 0. The first-order chi connectivity index (χ1) is 16.1. The van der Waals surface area contributed by atoms with Gasteiger partial charge in [-0.1, -0.05) is 36.4 Å². The maximum absolute atomic E-state index is 12.2. The molecule has 0 unspecified atom stereocenters. The maximum atomic E-state index is 12.2. The largest absolute Gasteiger partial charge is 0.497 e. The molecule has 0 bridgehead atoms. The molecule has 0 aliphatic carbocycles. The van der Waals surface area contributed by atoms with E-state index in [2.05, 4.69) is 16.2 Å². The van der Waals surface area contributed by atoms with Gasteiger partial charge in [-0.05, 0) is 58.8 Å². The number of ether oxygens (including phenoxy) is 2. The van der Waals surface area contributed by atoms with Gasteiger partial charge in [-0.15, -0.1) is 0 Å². The van der Waals surface area contributed by atoms with Gasteiger partial charge in [-0.25, -0.2) is 10.2 Å². The molecule has 1 aromatic heterocycles. The average Bonchev–Trinajstić information content (AvgIpc) is 3.34. The van der Waals surface area contributed by atoms with Crippen molar-refractivity contribution in [2.24, 2.45) is 0 Å². The van der Waals surface area contributed by atoms with Crippen LogP contribution in [0.2, 0.25) is 0 Å². The monoisotopic (exact) mass is 445 g/mol. The topological polar surface area (TPSA) is 102 Å². The fraction of sp³-hybridized carbons (Fsp3) is 0.120. The predicted molar refractivity (Wildman–Crippen MR) is 123 cm³/mol. The number of furan rings is 1. The Kier molecular flexibility index (Phi) is 6.75. The minimum absolute atomic E-state index is 0.0620. The van der Waals surface area contributed by atoms with E-state index in [9.17, 15) is 9.59 Å². The molecular formula is C25H23N3O5. The number of carbonyl (C=O) groups excluding carboxylic acids is 2. The minimum atomic E-state index is -0.573. The van der Waals surface area contributed by atoms with Gasteiger partial charge in [0.2, 0.25) is 0 Å². The highest BCUT2D eigenvalue weighted by molar-refractivity contribution is 5.92. The number of benzene rings is 3. The third-order valence-electron chi connectivity index (χ3n) is 4.86. The molecule has 1 heterocycles. The van der Waals surface area contributed by atoms with Gasteiger partial charge in [0, 0.05) is 6.54 Å². The van der Waals surface area contributed by atoms with Crippen molar-refractivity contribution < 1.29 is 23.5 Å². The van der Waals surface area contributed by atoms with Crippen molar-refractivity contribution in [3.05, 3.63) is 95.9 Å². The number of nitrogens with one attached hydrogen (secondary N) is 3. The van der Waals surface area contributed by atoms with E-state index < -0.39 is 11.9 Å². The first-order valence-electron chi connectivity index (χ1n) is 10.3. The number of para-hydroxylation sites is 1. The summed E-state index contributed by atoms with van der Waals surface area (Å²) in [5.41, 5.74) is 5.55. The van der Waals surface area contributed by atoms with E-state index in [1.54, 1.807) is 13.2 Å². The van der Waals surface area contributed by atoms with E-state index in [1.165, 1.54) is 6.07 Å². The van der Waals surface area contributed by atoms with Crippen molar-refractivity contribution in [1.29, 1.82) is 0 Å². The molecule has 0 saturated heterocycles. The summed E-state index contributed by atoms with van der Waals surface area (Å²) in [5, 5.41) is 4.78. The number of carbonyl (C=O) groups is 2. The molecule has 8 heteroatoms. The van der Waals surface area contributed by atoms with Gasteiger partial charge in [-0.3, -0.25) is 10.2 Å². The Balaban J connectivity index is 1.23. The molecule has 4 aromatic rings. The molecule has 0 atom stereocenters. The molecule has 8 nitrogen and oxygen atoms in total. The van der Waals surface area contributed by atoms with Crippen molar-refractivity contribution in [1.82, 2.24) is 16.2 Å². The molecule has 0 aliphatic rings. The molecule has 0 spiro atoms. The van der Waals surface area contributed by atoms with Crippen LogP contribution in [0.1, 0.15) is 21.9 Å². The second-order valence-corrected chi connectivity index (χ2v) is 7.18. The summed E-state index contributed by atoms with van der Waals surface area (Å²) in [6.45, 7) is 0.481. The lowest BCUT2D eigenvalue weighted by atomic mass is 10.1. The number of hydrazine groups is 1. The highest BCUT2D eigenvalue weighted by Crippen LogP contribution is 2.21. The number of fused-ring (bicyclic) bond motifs is 1. The van der Waals surface area contributed by atoms with E-state index in [4.69, 9.17) is 13.9 Å². The number of hydrogen-bond acceptors (Lipinski definition) is 5. The zero-order valence-corrected chi connectivity index (χ0v) is 18.0. The summed E-state index contributed by atoms with van der Waals surface area (Å²) in [7, 11) is 1.63. The number of hydrogen-bond donors (Lipinski definition) is 3. The van der Waals surface area contributed by atoms with Gasteiger partial charge in [0.1, 0.15) is 23.9 Å². The molecule has 4 rings (SSSR count). The SMILES string of the molecule is COc1ccc2cc(CNC(=O)NNC(=O)c3ccc(COc4ccccc4)o3)ccc2c1. The second kappa shape index (κ2) is 10.2. The maximum Gasteiger partial charge on any atom is 0.333 e. The minimum Gasteiger partial charge on any atom is -0.497 e. The highest BCUT2D eigenvalue weighted by Gasteiger charge is 2.12. The number of rotatable bonds is 7. The van der Waals surface area contributed by atoms with E-state index in [1.807, 2.05) is 66.7 Å². The van der Waals surface area contributed by atoms with Crippen LogP contribution in [0, 0.1) is 0 Å². The van der Waals surface area contributed by atoms with E-state index >= 15 is 0 Å². The van der Waals surface area contributed by atoms with Gasteiger partial charge in [0.05, 0.1) is 7.11 Å². The van der Waals surface area contributed by atoms with Gasteiger partial charge in [0.25, 0.3) is 0 Å². The van der Waals surface area contributed by atoms with Gasteiger partial charge in [0.15, 0.2) is 5.76 Å². The summed E-state index contributed by atoms with van der Waals surface area (Å²) in [4.78, 5) is 24.3. The molecule has 0 aliphatic heterocycles. The van der Waals surface area contributed by atoms with Gasteiger partial charge >= 0.3 is 11.9 Å². The molecule has 0 fully saturated rings. The Morgan fingerprint density at radius 2 is 1.64 bits per heavy atom. The lowest BCUT2D eigenvalue weighted by Gasteiger charge is -2.09. The Labute approximate surface area is 190 Å². The number of urea groups is 1. The third-order valence-corrected chi connectivity index (χ3v) is 4.86. The van der Waals surface area contributed by atoms with E-state index in [-0.39, 0.29) is 12.4 Å². The Bertz CT molecular complexity index is 1250. The van der Waals surface area contributed by atoms with E-state index in [0.29, 0.717) is 18.1 Å². The molecule has 0 saturated carbocycles. The zero-order chi connectivity index (χ0) is 23.0. The van der Waals surface area contributed by atoms with Crippen molar-refractivity contribution in [3.8, 4) is 11.5 Å². The fourth-order valence-corrected chi connectivity index (χ4v) is 3.16. The van der Waals surface area contributed by atoms with Gasteiger partial charge in [-0.2, -0.15) is 0 Å². The summed E-state index contributed by atoms with van der Waals surface area (Å²) in [6, 6.07) is 23.6. The Morgan fingerprint density at radius 3 is 2.45 bits per heavy atom. The van der Waals surface area contributed by atoms with Crippen molar-refractivity contribution in [3.63, 3.8) is 0 Å². The van der Waals surface area contributed by atoms with Crippen LogP contribution in [0.25, 0.3) is 10.8 Å². The quantitative estimate of drug-likeness (QED) is 0.371. The van der Waals surface area contributed by atoms with Crippen LogP contribution >= 0.6 is 0 Å². The fourth-order valence-electron chi connectivity index (χ4n) is 3.16. The summed E-state index contributed by atoms with van der Waals surface area (Å²) >= 11 is 0. The molecule has 3 N–H and O–H groups in total. The number of amides is 3. The van der Waals surface area contributed by atoms with Crippen LogP contribution in [0.3, 0.4) is 0 Å². The van der Waals surface area contributed by atoms with Crippen LogP contribution in [-0.4, -0.2) is 19.0 Å². The van der Waals surface area contributed by atoms with Crippen LogP contribution in [0.5, 0.6) is 11.5 Å². The Morgan fingerprint density at radius 1 is 0.848 bits per heavy atom. The molecular weight excluding hydrogens is 422 g/mol. The first-order valence-corrected chi connectivity index (χ1v) is 10.3.